The van der Waals surface area contributed by atoms with E-state index in [1.54, 1.807) is 49.7 Å². The van der Waals surface area contributed by atoms with Gasteiger partial charge in [-0.25, -0.2) is 9.78 Å². The molecule has 2 aromatic heterocycles. The van der Waals surface area contributed by atoms with E-state index in [2.05, 4.69) is 20.7 Å². The summed E-state index contributed by atoms with van der Waals surface area (Å²) in [5, 5.41) is 9.87. The van der Waals surface area contributed by atoms with Crippen molar-refractivity contribution < 1.29 is 19.1 Å². The second kappa shape index (κ2) is 12.9. The lowest BCUT2D eigenvalue weighted by molar-refractivity contribution is 0.0533. The lowest BCUT2D eigenvalue weighted by Gasteiger charge is -2.19. The van der Waals surface area contributed by atoms with E-state index in [0.717, 1.165) is 16.8 Å². The van der Waals surface area contributed by atoms with Gasteiger partial charge in [0.2, 0.25) is 11.9 Å². The highest BCUT2D eigenvalue weighted by Gasteiger charge is 2.20. The average Bonchev–Trinajstić information content (AvgIpc) is 3.38. The number of aryl methyl sites for hydroxylation is 3. The summed E-state index contributed by atoms with van der Waals surface area (Å²) in [5.41, 5.74) is 8.44. The Morgan fingerprint density at radius 2 is 1.79 bits per heavy atom. The second-order valence-electron chi connectivity index (χ2n) is 9.37. The van der Waals surface area contributed by atoms with Gasteiger partial charge in [-0.1, -0.05) is 26.0 Å². The van der Waals surface area contributed by atoms with Crippen molar-refractivity contribution in [2.24, 2.45) is 5.73 Å². The molecule has 11 nitrogen and oxygen atoms in total. The number of amides is 3. The molecule has 0 saturated heterocycles. The van der Waals surface area contributed by atoms with Crippen LogP contribution in [-0.2, 0) is 17.8 Å². The van der Waals surface area contributed by atoms with Gasteiger partial charge in [0.25, 0.3) is 5.91 Å². The average molecular weight is 526 g/mol. The first-order valence-corrected chi connectivity index (χ1v) is 12.7. The van der Waals surface area contributed by atoms with Crippen LogP contribution in [0.25, 0.3) is 11.0 Å². The fourth-order valence-corrected chi connectivity index (χ4v) is 3.75. The molecule has 0 radical (unpaired) electrons. The van der Waals surface area contributed by atoms with Crippen LogP contribution in [0.2, 0.25) is 0 Å². The maximum absolute atomic E-state index is 13.1. The first-order chi connectivity index (χ1) is 17.9. The van der Waals surface area contributed by atoms with Crippen molar-refractivity contribution in [1.82, 2.24) is 24.6 Å². The van der Waals surface area contributed by atoms with Crippen LogP contribution in [0.3, 0.4) is 0 Å². The molecule has 0 unspecified atom stereocenters. The molecule has 0 aliphatic carbocycles. The van der Waals surface area contributed by atoms with Crippen LogP contribution in [-0.4, -0.2) is 49.4 Å². The molecule has 3 aromatic rings. The fourth-order valence-electron chi connectivity index (χ4n) is 3.75. The number of nitrogens with two attached hydrogens (primary N) is 1. The number of hydrogen-bond acceptors (Lipinski definition) is 6. The number of benzene rings is 1. The number of nitrogens with one attached hydrogen (secondary N) is 2. The van der Waals surface area contributed by atoms with Crippen molar-refractivity contribution in [2.45, 2.75) is 74.1 Å². The highest BCUT2D eigenvalue weighted by Crippen LogP contribution is 2.25. The normalized spacial score (nSPS) is 11.3. The zero-order valence-corrected chi connectivity index (χ0v) is 23.5. The van der Waals surface area contributed by atoms with Gasteiger partial charge in [0.1, 0.15) is 11.3 Å². The number of nitrogens with zero attached hydrogens (tertiary/aromatic N) is 4. The number of hydrogen-bond donors (Lipinski definition) is 3. The maximum Gasteiger partial charge on any atom is 0.407 e. The molecular weight excluding hydrogens is 486 g/mol. The van der Waals surface area contributed by atoms with Crippen molar-refractivity contribution in [3.63, 3.8) is 0 Å². The van der Waals surface area contributed by atoms with Crippen molar-refractivity contribution in [3.05, 3.63) is 52.9 Å². The standard InChI is InChI=1S/C25H33N7O4.C2H6/c1-7-32-19(13-16(3)30-32)22(34)29-23-28-18-14-17(21(26)33)12-15(2)20(18)31(23)11-9-8-10-27-24(35)36-25(4,5)6;1-2/h8-9,12-14H,7,10-11H2,1-6H3,(H2,26,33)(H,27,35)(H,28,29,34);1-2H3/b9-8+;. The number of primary amides is 1. The van der Waals surface area contributed by atoms with Gasteiger partial charge in [-0.05, 0) is 65.3 Å². The summed E-state index contributed by atoms with van der Waals surface area (Å²) >= 11 is 0. The molecule has 0 aliphatic rings. The van der Waals surface area contributed by atoms with E-state index in [-0.39, 0.29) is 12.5 Å². The Morgan fingerprint density at radius 1 is 1.11 bits per heavy atom. The summed E-state index contributed by atoms with van der Waals surface area (Å²) in [5.74, 6) is -0.598. The number of allylic oxidation sites excluding steroid dienone is 1. The Bertz CT molecular complexity index is 1330. The van der Waals surface area contributed by atoms with Crippen molar-refractivity contribution in [2.75, 3.05) is 11.9 Å². The molecule has 11 heteroatoms. The molecule has 3 rings (SSSR count). The molecule has 1 aromatic carbocycles. The Labute approximate surface area is 223 Å². The summed E-state index contributed by atoms with van der Waals surface area (Å²) < 4.78 is 8.68. The highest BCUT2D eigenvalue weighted by atomic mass is 16.6. The van der Waals surface area contributed by atoms with E-state index in [1.165, 1.54) is 0 Å². The van der Waals surface area contributed by atoms with Crippen molar-refractivity contribution in [1.29, 1.82) is 0 Å². The maximum atomic E-state index is 13.1. The summed E-state index contributed by atoms with van der Waals surface area (Å²) in [7, 11) is 0. The van der Waals surface area contributed by atoms with E-state index >= 15 is 0 Å². The molecule has 3 amide bonds. The van der Waals surface area contributed by atoms with Crippen molar-refractivity contribution >= 4 is 34.9 Å². The van der Waals surface area contributed by atoms with E-state index in [4.69, 9.17) is 10.5 Å². The van der Waals surface area contributed by atoms with Crippen LogP contribution >= 0.6 is 0 Å². The first-order valence-electron chi connectivity index (χ1n) is 12.7. The summed E-state index contributed by atoms with van der Waals surface area (Å²) in [4.78, 5) is 41.3. The molecule has 0 spiro atoms. The number of carbonyl (C=O) groups excluding carboxylic acids is 3. The molecule has 2 heterocycles. The molecule has 4 N–H and O–H groups in total. The number of aromatic nitrogens is 4. The predicted octanol–water partition coefficient (Wildman–Crippen LogP) is 4.33. The minimum Gasteiger partial charge on any atom is -0.444 e. The highest BCUT2D eigenvalue weighted by molar-refractivity contribution is 6.03. The van der Waals surface area contributed by atoms with E-state index in [9.17, 15) is 14.4 Å². The third-order valence-electron chi connectivity index (χ3n) is 5.19. The fraction of sp³-hybridized carbons (Fsp3) is 0.444. The monoisotopic (exact) mass is 525 g/mol. The van der Waals surface area contributed by atoms with E-state index < -0.39 is 17.6 Å². The molecular formula is C27H39N7O4. The van der Waals surface area contributed by atoms with Crippen LogP contribution in [0, 0.1) is 13.8 Å². The quantitative estimate of drug-likeness (QED) is 0.373. The number of anilines is 1. The lowest BCUT2D eigenvalue weighted by atomic mass is 10.1. The lowest BCUT2D eigenvalue weighted by Crippen LogP contribution is -2.32. The number of ether oxygens (including phenoxy) is 1. The minimum absolute atomic E-state index is 0.267. The van der Waals surface area contributed by atoms with Gasteiger partial charge in [0, 0.05) is 25.2 Å². The topological polar surface area (TPSA) is 146 Å². The third kappa shape index (κ3) is 7.67. The molecule has 0 fully saturated rings. The smallest absolute Gasteiger partial charge is 0.407 e. The van der Waals surface area contributed by atoms with Gasteiger partial charge in [-0.2, -0.15) is 5.10 Å². The SMILES string of the molecule is CC.CCn1nc(C)cc1C(=O)Nc1nc2cc(C(N)=O)cc(C)c2n1C/C=C/CNC(=O)OC(C)(C)C. The molecule has 0 saturated carbocycles. The van der Waals surface area contributed by atoms with Crippen LogP contribution < -0.4 is 16.4 Å². The van der Waals surface area contributed by atoms with Gasteiger partial charge < -0.3 is 20.4 Å². The number of carbonyl (C=O) groups is 3. The Kier molecular flexibility index (Phi) is 10.2. The van der Waals surface area contributed by atoms with Gasteiger partial charge in [-0.3, -0.25) is 19.6 Å². The summed E-state index contributed by atoms with van der Waals surface area (Å²) in [6.07, 6.45) is 3.12. The van der Waals surface area contributed by atoms with Crippen LogP contribution in [0.15, 0.2) is 30.4 Å². The minimum atomic E-state index is -0.580. The first kappa shape index (κ1) is 30.1. The van der Waals surface area contributed by atoms with Crippen LogP contribution in [0.1, 0.15) is 73.6 Å². The van der Waals surface area contributed by atoms with E-state index in [1.807, 2.05) is 45.3 Å². The molecule has 0 atom stereocenters. The Hall–Kier alpha value is -4.15. The zero-order chi connectivity index (χ0) is 28.6. The summed E-state index contributed by atoms with van der Waals surface area (Å²) in [6, 6.07) is 5.01. The molecule has 0 bridgehead atoms. The predicted molar refractivity (Wildman–Crippen MR) is 148 cm³/mol. The van der Waals surface area contributed by atoms with Crippen LogP contribution in [0.5, 0.6) is 0 Å². The van der Waals surface area contributed by atoms with Gasteiger partial charge in [-0.15, -0.1) is 0 Å². The van der Waals surface area contributed by atoms with Crippen LogP contribution in [0.4, 0.5) is 10.7 Å². The zero-order valence-electron chi connectivity index (χ0n) is 23.5. The third-order valence-corrected chi connectivity index (χ3v) is 5.19. The second-order valence-corrected chi connectivity index (χ2v) is 9.37. The van der Waals surface area contributed by atoms with Gasteiger partial charge in [0.05, 0.1) is 16.7 Å². The van der Waals surface area contributed by atoms with Crippen molar-refractivity contribution in [3.8, 4) is 0 Å². The molecule has 38 heavy (non-hydrogen) atoms. The number of alkyl carbamates (subject to hydrolysis) is 1. The van der Waals surface area contributed by atoms with Gasteiger partial charge >= 0.3 is 6.09 Å². The van der Waals surface area contributed by atoms with E-state index in [0.29, 0.717) is 35.8 Å². The summed E-state index contributed by atoms with van der Waals surface area (Å²) in [6.45, 7) is 16.1. The Morgan fingerprint density at radius 3 is 2.39 bits per heavy atom. The Balaban J connectivity index is 0.00000247. The van der Waals surface area contributed by atoms with Gasteiger partial charge in [0.15, 0.2) is 0 Å². The molecule has 206 valence electrons. The molecule has 0 aliphatic heterocycles. The number of imidazole rings is 1. The largest absolute Gasteiger partial charge is 0.444 e. The number of rotatable bonds is 8. The number of fused-ring (bicyclic) bond motifs is 1.